The van der Waals surface area contributed by atoms with Crippen molar-refractivity contribution in [2.45, 2.75) is 52.2 Å². The molecule has 1 rings (SSSR count). The van der Waals surface area contributed by atoms with E-state index >= 15 is 0 Å². The van der Waals surface area contributed by atoms with E-state index in [2.05, 4.69) is 49.6 Å². The summed E-state index contributed by atoms with van der Waals surface area (Å²) in [7, 11) is 0. The molecular formula is C15H25N3S. The van der Waals surface area contributed by atoms with Gasteiger partial charge in [0.1, 0.15) is 0 Å². The average Bonchev–Trinajstić information content (AvgIpc) is 2.29. The summed E-state index contributed by atoms with van der Waals surface area (Å²) < 4.78 is 0. The molecule has 0 unspecified atom stereocenters. The quantitative estimate of drug-likeness (QED) is 0.509. The summed E-state index contributed by atoms with van der Waals surface area (Å²) in [5.41, 5.74) is 4.60. The molecule has 0 radical (unpaired) electrons. The van der Waals surface area contributed by atoms with Gasteiger partial charge in [-0.05, 0) is 47.1 Å². The number of aromatic nitrogens is 2. The Hall–Kier alpha value is -0.870. The van der Waals surface area contributed by atoms with E-state index in [4.69, 9.17) is 0 Å². The van der Waals surface area contributed by atoms with Crippen molar-refractivity contribution in [2.75, 3.05) is 12.3 Å². The van der Waals surface area contributed by atoms with E-state index in [0.29, 0.717) is 0 Å². The molecule has 0 aliphatic rings. The van der Waals surface area contributed by atoms with Crippen LogP contribution in [0.3, 0.4) is 0 Å². The average molecular weight is 279 g/mol. The van der Waals surface area contributed by atoms with Crippen LogP contribution in [0.2, 0.25) is 0 Å². The van der Waals surface area contributed by atoms with Crippen molar-refractivity contribution in [3.63, 3.8) is 0 Å². The Morgan fingerprint density at radius 3 is 2.16 bits per heavy atom. The Morgan fingerprint density at radius 2 is 1.68 bits per heavy atom. The van der Waals surface area contributed by atoms with Crippen LogP contribution < -0.4 is 5.32 Å². The molecule has 0 spiro atoms. The molecule has 0 aromatic carbocycles. The second-order valence-corrected chi connectivity index (χ2v) is 6.89. The van der Waals surface area contributed by atoms with E-state index in [1.165, 1.54) is 11.1 Å². The van der Waals surface area contributed by atoms with Gasteiger partial charge in [-0.3, -0.25) is 0 Å². The highest BCUT2D eigenvalue weighted by Crippen LogP contribution is 2.19. The first-order chi connectivity index (χ1) is 8.69. The zero-order chi connectivity index (χ0) is 14.6. The first kappa shape index (κ1) is 16.2. The molecule has 0 amide bonds. The minimum atomic E-state index is 0.126. The van der Waals surface area contributed by atoms with Gasteiger partial charge in [0, 0.05) is 29.2 Å². The Morgan fingerprint density at radius 1 is 1.16 bits per heavy atom. The zero-order valence-corrected chi connectivity index (χ0v) is 13.7. The number of aryl methyl sites for hydroxylation is 2. The fourth-order valence-corrected chi connectivity index (χ4v) is 2.25. The molecule has 4 heteroatoms. The molecule has 0 saturated heterocycles. The van der Waals surface area contributed by atoms with Crippen molar-refractivity contribution >= 4 is 11.8 Å². The first-order valence-electron chi connectivity index (χ1n) is 6.55. The number of thioether (sulfide) groups is 1. The normalized spacial score (nSPS) is 11.7. The van der Waals surface area contributed by atoms with E-state index in [1.54, 1.807) is 11.8 Å². The first-order valence-corrected chi connectivity index (χ1v) is 7.54. The molecule has 0 aliphatic heterocycles. The maximum absolute atomic E-state index is 4.50. The number of hydrogen-bond acceptors (Lipinski definition) is 4. The summed E-state index contributed by atoms with van der Waals surface area (Å²) in [6.45, 7) is 17.5. The fraction of sp³-hybridized carbons (Fsp3) is 0.600. The van der Waals surface area contributed by atoms with Crippen LogP contribution in [-0.4, -0.2) is 27.8 Å². The molecule has 1 heterocycles. The largest absolute Gasteiger partial charge is 0.308 e. The van der Waals surface area contributed by atoms with Gasteiger partial charge >= 0.3 is 0 Å². The summed E-state index contributed by atoms with van der Waals surface area (Å²) in [6, 6.07) is 0. The standard InChI is InChI=1S/C15H25N3S/c1-10(8-16-15(5,6)7)9-19-14-17-12(3)11(2)13(4)18-14/h16H,1,8-9H2,2-7H3. The molecule has 0 saturated carbocycles. The molecule has 0 bridgehead atoms. The number of rotatable bonds is 5. The highest BCUT2D eigenvalue weighted by molar-refractivity contribution is 7.99. The van der Waals surface area contributed by atoms with Crippen LogP contribution in [0, 0.1) is 20.8 Å². The fourth-order valence-electron chi connectivity index (χ4n) is 1.41. The van der Waals surface area contributed by atoms with Gasteiger partial charge in [-0.15, -0.1) is 0 Å². The van der Waals surface area contributed by atoms with Crippen molar-refractivity contribution < 1.29 is 0 Å². The zero-order valence-electron chi connectivity index (χ0n) is 12.9. The van der Waals surface area contributed by atoms with E-state index in [-0.39, 0.29) is 5.54 Å². The topological polar surface area (TPSA) is 37.8 Å². The van der Waals surface area contributed by atoms with Crippen LogP contribution >= 0.6 is 11.8 Å². The summed E-state index contributed by atoms with van der Waals surface area (Å²) in [5.74, 6) is 0.852. The van der Waals surface area contributed by atoms with Crippen LogP contribution in [0.1, 0.15) is 37.7 Å². The van der Waals surface area contributed by atoms with Crippen LogP contribution in [-0.2, 0) is 0 Å². The Labute approximate surface area is 121 Å². The van der Waals surface area contributed by atoms with Gasteiger partial charge < -0.3 is 5.32 Å². The minimum absolute atomic E-state index is 0.126. The predicted octanol–water partition coefficient (Wildman–Crippen LogP) is 3.44. The monoisotopic (exact) mass is 279 g/mol. The number of hydrogen-bond donors (Lipinski definition) is 1. The Bertz CT molecular complexity index is 438. The lowest BCUT2D eigenvalue weighted by atomic mass is 10.1. The van der Waals surface area contributed by atoms with Gasteiger partial charge in [0.2, 0.25) is 0 Å². The lowest BCUT2D eigenvalue weighted by Gasteiger charge is -2.21. The highest BCUT2D eigenvalue weighted by Gasteiger charge is 2.10. The van der Waals surface area contributed by atoms with E-state index in [0.717, 1.165) is 28.8 Å². The maximum atomic E-state index is 4.50. The third-order valence-corrected chi connectivity index (χ3v) is 3.88. The lowest BCUT2D eigenvalue weighted by molar-refractivity contribution is 0.445. The van der Waals surface area contributed by atoms with Gasteiger partial charge in [0.15, 0.2) is 5.16 Å². The van der Waals surface area contributed by atoms with Crippen molar-refractivity contribution in [2.24, 2.45) is 0 Å². The van der Waals surface area contributed by atoms with Crippen molar-refractivity contribution in [3.05, 3.63) is 29.1 Å². The van der Waals surface area contributed by atoms with Crippen LogP contribution in [0.25, 0.3) is 0 Å². The van der Waals surface area contributed by atoms with Crippen molar-refractivity contribution in [3.8, 4) is 0 Å². The second-order valence-electron chi connectivity index (χ2n) is 5.94. The third kappa shape index (κ3) is 5.74. The van der Waals surface area contributed by atoms with Gasteiger partial charge in [0.25, 0.3) is 0 Å². The maximum Gasteiger partial charge on any atom is 0.188 e. The molecule has 1 N–H and O–H groups in total. The smallest absolute Gasteiger partial charge is 0.188 e. The number of nitrogens with zero attached hydrogens (tertiary/aromatic N) is 2. The molecule has 3 nitrogen and oxygen atoms in total. The van der Waals surface area contributed by atoms with Gasteiger partial charge in [-0.1, -0.05) is 23.9 Å². The lowest BCUT2D eigenvalue weighted by Crippen LogP contribution is -2.37. The number of nitrogens with one attached hydrogen (secondary N) is 1. The Kier molecular flexibility index (Phi) is 5.56. The predicted molar refractivity (Wildman–Crippen MR) is 83.9 cm³/mol. The summed E-state index contributed by atoms with van der Waals surface area (Å²) in [5, 5.41) is 4.28. The minimum Gasteiger partial charge on any atom is -0.308 e. The molecule has 0 fully saturated rings. The molecule has 1 aromatic heterocycles. The molecular weight excluding hydrogens is 254 g/mol. The van der Waals surface area contributed by atoms with Crippen LogP contribution in [0.5, 0.6) is 0 Å². The summed E-state index contributed by atoms with van der Waals surface area (Å²) in [4.78, 5) is 9.01. The molecule has 19 heavy (non-hydrogen) atoms. The summed E-state index contributed by atoms with van der Waals surface area (Å²) >= 11 is 1.65. The third-order valence-electron chi connectivity index (χ3n) is 2.89. The SMILES string of the molecule is C=C(CNC(C)(C)C)CSc1nc(C)c(C)c(C)n1. The van der Waals surface area contributed by atoms with E-state index in [1.807, 2.05) is 13.8 Å². The van der Waals surface area contributed by atoms with E-state index < -0.39 is 0 Å². The van der Waals surface area contributed by atoms with Gasteiger partial charge in [-0.25, -0.2) is 9.97 Å². The second kappa shape index (κ2) is 6.53. The van der Waals surface area contributed by atoms with Gasteiger partial charge in [0.05, 0.1) is 0 Å². The van der Waals surface area contributed by atoms with Crippen molar-refractivity contribution in [1.29, 1.82) is 0 Å². The van der Waals surface area contributed by atoms with Gasteiger partial charge in [-0.2, -0.15) is 0 Å². The Balaban J connectivity index is 2.51. The molecule has 1 aromatic rings. The summed E-state index contributed by atoms with van der Waals surface area (Å²) in [6.07, 6.45) is 0. The molecule has 0 atom stereocenters. The van der Waals surface area contributed by atoms with Crippen LogP contribution in [0.4, 0.5) is 0 Å². The molecule has 0 aliphatic carbocycles. The highest BCUT2D eigenvalue weighted by atomic mass is 32.2. The van der Waals surface area contributed by atoms with Crippen molar-refractivity contribution in [1.82, 2.24) is 15.3 Å². The van der Waals surface area contributed by atoms with E-state index in [9.17, 15) is 0 Å². The molecule has 106 valence electrons. The van der Waals surface area contributed by atoms with Crippen LogP contribution in [0.15, 0.2) is 17.3 Å².